The second-order valence-corrected chi connectivity index (χ2v) is 7.50. The molecule has 2 atom stereocenters. The number of fused-ring (bicyclic) bond motifs is 3. The molecule has 0 fully saturated rings. The summed E-state index contributed by atoms with van der Waals surface area (Å²) < 4.78 is 1.96. The Kier molecular flexibility index (Phi) is 3.44. The predicted octanol–water partition coefficient (Wildman–Crippen LogP) is 4.04. The molecule has 4 nitrogen and oxygen atoms in total. The predicted molar refractivity (Wildman–Crippen MR) is 103 cm³/mol. The van der Waals surface area contributed by atoms with Crippen molar-refractivity contribution >= 4 is 16.9 Å². The number of benzene rings is 2. The Hall–Kier alpha value is -2.59. The van der Waals surface area contributed by atoms with Crippen LogP contribution < -0.4 is 0 Å². The van der Waals surface area contributed by atoms with E-state index in [1.54, 1.807) is 0 Å². The van der Waals surface area contributed by atoms with Crippen LogP contribution in [0.15, 0.2) is 54.6 Å². The Labute approximate surface area is 153 Å². The van der Waals surface area contributed by atoms with E-state index in [9.17, 15) is 4.79 Å². The highest BCUT2D eigenvalue weighted by molar-refractivity contribution is 5.96. The lowest BCUT2D eigenvalue weighted by Crippen LogP contribution is -2.54. The Morgan fingerprint density at radius 1 is 1.04 bits per heavy atom. The van der Waals surface area contributed by atoms with Crippen molar-refractivity contribution in [3.63, 3.8) is 0 Å². The molecule has 0 bridgehead atoms. The molecule has 3 heterocycles. The van der Waals surface area contributed by atoms with Gasteiger partial charge in [-0.05, 0) is 30.5 Å². The van der Waals surface area contributed by atoms with E-state index in [0.29, 0.717) is 0 Å². The maximum atomic E-state index is 13.1. The summed E-state index contributed by atoms with van der Waals surface area (Å²) in [5.74, 6) is 0. The molecule has 0 N–H and O–H groups in total. The van der Waals surface area contributed by atoms with Gasteiger partial charge >= 0.3 is 6.03 Å². The van der Waals surface area contributed by atoms with Crippen molar-refractivity contribution in [3.8, 4) is 0 Å². The van der Waals surface area contributed by atoms with Gasteiger partial charge in [0.05, 0.1) is 23.3 Å². The van der Waals surface area contributed by atoms with E-state index in [1.807, 2.05) is 22.6 Å². The molecule has 3 aromatic rings. The number of hydrogen-bond donors (Lipinski definition) is 0. The highest BCUT2D eigenvalue weighted by atomic mass is 16.2. The Morgan fingerprint density at radius 2 is 1.77 bits per heavy atom. The van der Waals surface area contributed by atoms with Gasteiger partial charge in [0.1, 0.15) is 0 Å². The number of carbonyl (C=O) groups excluding carboxylic acids is 1. The van der Waals surface area contributed by atoms with Gasteiger partial charge in [0.2, 0.25) is 0 Å². The zero-order chi connectivity index (χ0) is 17.8. The van der Waals surface area contributed by atoms with Crippen LogP contribution >= 0.6 is 0 Å². The lowest BCUT2D eigenvalue weighted by atomic mass is 9.91. The zero-order valence-corrected chi connectivity index (χ0v) is 15.2. The van der Waals surface area contributed by atoms with Crippen LogP contribution in [0, 0.1) is 0 Å². The van der Waals surface area contributed by atoms with Crippen LogP contribution in [0.4, 0.5) is 4.79 Å². The molecule has 0 spiro atoms. The molecular weight excluding hydrogens is 322 g/mol. The quantitative estimate of drug-likeness (QED) is 0.701. The number of amides is 1. The third kappa shape index (κ3) is 2.08. The van der Waals surface area contributed by atoms with Crippen molar-refractivity contribution in [2.75, 3.05) is 13.6 Å². The SMILES string of the molecule is CC1C2c3c(c4ccccc4n3C(=O)N1C)CCN2Cc1ccccc1. The minimum atomic E-state index is 0.0905. The van der Waals surface area contributed by atoms with Gasteiger partial charge in [0, 0.05) is 25.5 Å². The van der Waals surface area contributed by atoms with Crippen LogP contribution in [0.3, 0.4) is 0 Å². The summed E-state index contributed by atoms with van der Waals surface area (Å²) in [6.07, 6.45) is 0.996. The van der Waals surface area contributed by atoms with Crippen LogP contribution in [-0.4, -0.2) is 40.0 Å². The number of hydrogen-bond acceptors (Lipinski definition) is 2. The van der Waals surface area contributed by atoms with Crippen molar-refractivity contribution in [1.82, 2.24) is 14.4 Å². The van der Waals surface area contributed by atoms with Gasteiger partial charge < -0.3 is 4.90 Å². The molecule has 132 valence electrons. The lowest BCUT2D eigenvalue weighted by molar-refractivity contribution is 0.0798. The average Bonchev–Trinajstić information content (AvgIpc) is 3.01. The van der Waals surface area contributed by atoms with E-state index in [1.165, 1.54) is 22.2 Å². The first-order valence-electron chi connectivity index (χ1n) is 9.34. The number of rotatable bonds is 2. The van der Waals surface area contributed by atoms with E-state index in [0.717, 1.165) is 25.0 Å². The van der Waals surface area contributed by atoms with Crippen LogP contribution in [0.25, 0.3) is 10.9 Å². The van der Waals surface area contributed by atoms with Gasteiger partial charge in [0.15, 0.2) is 0 Å². The summed E-state index contributed by atoms with van der Waals surface area (Å²) in [5, 5.41) is 1.24. The van der Waals surface area contributed by atoms with Crippen LogP contribution in [0.5, 0.6) is 0 Å². The number of aromatic nitrogens is 1. The van der Waals surface area contributed by atoms with E-state index in [-0.39, 0.29) is 18.1 Å². The highest BCUT2D eigenvalue weighted by Gasteiger charge is 2.43. The summed E-state index contributed by atoms with van der Waals surface area (Å²) in [7, 11) is 1.93. The molecule has 0 radical (unpaired) electrons. The highest BCUT2D eigenvalue weighted by Crippen LogP contribution is 2.43. The Morgan fingerprint density at radius 3 is 2.58 bits per heavy atom. The summed E-state index contributed by atoms with van der Waals surface area (Å²) >= 11 is 0. The fraction of sp³-hybridized carbons (Fsp3) is 0.318. The summed E-state index contributed by atoms with van der Waals surface area (Å²) in [4.78, 5) is 17.5. The summed E-state index contributed by atoms with van der Waals surface area (Å²) in [6, 6.07) is 19.5. The minimum absolute atomic E-state index is 0.0905. The number of carbonyl (C=O) groups is 1. The molecule has 26 heavy (non-hydrogen) atoms. The third-order valence-corrected chi connectivity index (χ3v) is 6.13. The molecule has 2 aliphatic heterocycles. The molecule has 2 aromatic carbocycles. The van der Waals surface area contributed by atoms with Crippen LogP contribution in [-0.2, 0) is 13.0 Å². The van der Waals surface area contributed by atoms with Crippen molar-refractivity contribution in [2.45, 2.75) is 32.0 Å². The van der Waals surface area contributed by atoms with E-state index >= 15 is 0 Å². The molecule has 2 unspecified atom stereocenters. The Balaban J connectivity index is 1.68. The maximum absolute atomic E-state index is 13.1. The smallest absolute Gasteiger partial charge is 0.322 e. The number of likely N-dealkylation sites (N-methyl/N-ethyl adjacent to an activating group) is 1. The first-order valence-corrected chi connectivity index (χ1v) is 9.34. The largest absolute Gasteiger partial charge is 0.328 e. The van der Waals surface area contributed by atoms with Crippen molar-refractivity contribution in [1.29, 1.82) is 0 Å². The Bertz CT molecular complexity index is 991. The molecular formula is C22H23N3O. The fourth-order valence-corrected chi connectivity index (χ4v) is 4.75. The minimum Gasteiger partial charge on any atom is -0.322 e. The van der Waals surface area contributed by atoms with Gasteiger partial charge in [-0.15, -0.1) is 0 Å². The van der Waals surface area contributed by atoms with E-state index in [4.69, 9.17) is 0 Å². The summed E-state index contributed by atoms with van der Waals surface area (Å²) in [6.45, 7) is 4.11. The standard InChI is InChI=1S/C22H23N3O/c1-15-20-21-18(12-13-24(20)14-16-8-4-3-5-9-16)17-10-6-7-11-19(17)25(21)22(26)23(15)2/h3-11,15,20H,12-14H2,1-2H3. The normalized spacial score (nSPS) is 22.7. The molecule has 1 amide bonds. The van der Waals surface area contributed by atoms with Gasteiger partial charge in [-0.2, -0.15) is 0 Å². The molecule has 0 aliphatic carbocycles. The van der Waals surface area contributed by atoms with Crippen molar-refractivity contribution in [2.24, 2.45) is 0 Å². The molecule has 4 heteroatoms. The molecule has 0 saturated heterocycles. The van der Waals surface area contributed by atoms with Gasteiger partial charge in [0.25, 0.3) is 0 Å². The second kappa shape index (κ2) is 5.71. The zero-order valence-electron chi connectivity index (χ0n) is 15.2. The van der Waals surface area contributed by atoms with Gasteiger partial charge in [-0.25, -0.2) is 4.79 Å². The van der Waals surface area contributed by atoms with Crippen LogP contribution in [0.1, 0.15) is 29.8 Å². The average molecular weight is 345 g/mol. The first-order chi connectivity index (χ1) is 12.7. The topological polar surface area (TPSA) is 28.5 Å². The van der Waals surface area contributed by atoms with Gasteiger partial charge in [-0.3, -0.25) is 9.47 Å². The van der Waals surface area contributed by atoms with Crippen LogP contribution in [0.2, 0.25) is 0 Å². The molecule has 0 saturated carbocycles. The maximum Gasteiger partial charge on any atom is 0.328 e. The van der Waals surface area contributed by atoms with Gasteiger partial charge in [-0.1, -0.05) is 48.5 Å². The first kappa shape index (κ1) is 15.6. The fourth-order valence-electron chi connectivity index (χ4n) is 4.75. The van der Waals surface area contributed by atoms with E-state index in [2.05, 4.69) is 60.4 Å². The number of para-hydroxylation sites is 1. The van der Waals surface area contributed by atoms with Crippen molar-refractivity contribution in [3.05, 3.63) is 71.4 Å². The molecule has 1 aromatic heterocycles. The number of nitrogens with zero attached hydrogens (tertiary/aromatic N) is 3. The monoisotopic (exact) mass is 345 g/mol. The summed E-state index contributed by atoms with van der Waals surface area (Å²) in [5.41, 5.74) is 4.95. The molecule has 5 rings (SSSR count). The molecule has 2 aliphatic rings. The second-order valence-electron chi connectivity index (χ2n) is 7.50. The third-order valence-electron chi connectivity index (χ3n) is 6.13. The van der Waals surface area contributed by atoms with Crippen molar-refractivity contribution < 1.29 is 4.79 Å². The van der Waals surface area contributed by atoms with E-state index < -0.39 is 0 Å². The lowest BCUT2D eigenvalue weighted by Gasteiger charge is -2.46.